The highest BCUT2D eigenvalue weighted by atomic mass is 32.1. The first kappa shape index (κ1) is 16.1. The molecule has 0 radical (unpaired) electrons. The molecule has 1 saturated heterocycles. The van der Waals surface area contributed by atoms with Crippen LogP contribution in [0.1, 0.15) is 18.4 Å². The van der Waals surface area contributed by atoms with Crippen molar-refractivity contribution in [2.45, 2.75) is 19.4 Å². The summed E-state index contributed by atoms with van der Waals surface area (Å²) in [6, 6.07) is 18.3. The fourth-order valence-electron chi connectivity index (χ4n) is 3.29. The molecule has 1 fully saturated rings. The summed E-state index contributed by atoms with van der Waals surface area (Å²) in [5.41, 5.74) is 2.17. The van der Waals surface area contributed by atoms with E-state index in [0.717, 1.165) is 42.1 Å². The zero-order valence-corrected chi connectivity index (χ0v) is 14.8. The van der Waals surface area contributed by atoms with E-state index in [1.165, 1.54) is 4.70 Å². The Kier molecular flexibility index (Phi) is 4.65. The zero-order chi connectivity index (χ0) is 17.1. The number of nitrogens with zero attached hydrogens (tertiary/aromatic N) is 2. The summed E-state index contributed by atoms with van der Waals surface area (Å²) in [7, 11) is 0. The second-order valence-corrected chi connectivity index (χ2v) is 7.46. The zero-order valence-electron chi connectivity index (χ0n) is 14.0. The number of benzene rings is 2. The Balaban J connectivity index is 1.41. The smallest absolute Gasteiger partial charge is 0.225 e. The van der Waals surface area contributed by atoms with Gasteiger partial charge in [0.05, 0.1) is 16.1 Å². The van der Waals surface area contributed by atoms with E-state index in [4.69, 9.17) is 4.98 Å². The van der Waals surface area contributed by atoms with Crippen molar-refractivity contribution in [3.63, 3.8) is 0 Å². The van der Waals surface area contributed by atoms with Crippen LogP contribution in [0.25, 0.3) is 10.2 Å². The van der Waals surface area contributed by atoms with E-state index >= 15 is 0 Å². The number of anilines is 1. The number of fused-ring (bicyclic) bond motifs is 1. The third-order valence-corrected chi connectivity index (χ3v) is 5.75. The molecule has 0 aliphatic carbocycles. The number of carbonyl (C=O) groups excluding carboxylic acids is 1. The minimum atomic E-state index is 0.0319. The predicted octanol–water partition coefficient (Wildman–Crippen LogP) is 3.83. The highest BCUT2D eigenvalue weighted by molar-refractivity contribution is 7.22. The average Bonchev–Trinajstić information content (AvgIpc) is 3.11. The van der Waals surface area contributed by atoms with Crippen LogP contribution in [0.2, 0.25) is 0 Å². The third kappa shape index (κ3) is 3.66. The molecule has 128 valence electrons. The van der Waals surface area contributed by atoms with Gasteiger partial charge in [-0.1, -0.05) is 53.8 Å². The molecule has 4 nitrogen and oxygen atoms in total. The van der Waals surface area contributed by atoms with E-state index in [9.17, 15) is 4.79 Å². The average molecular weight is 351 g/mol. The van der Waals surface area contributed by atoms with Crippen LogP contribution in [0.5, 0.6) is 0 Å². The largest absolute Gasteiger partial charge is 0.352 e. The van der Waals surface area contributed by atoms with Gasteiger partial charge in [0.1, 0.15) is 0 Å². The maximum absolute atomic E-state index is 12.6. The second-order valence-electron chi connectivity index (χ2n) is 6.45. The molecule has 1 unspecified atom stereocenters. The molecule has 4 rings (SSSR count). The summed E-state index contributed by atoms with van der Waals surface area (Å²) in [6.07, 6.45) is 1.97. The lowest BCUT2D eigenvalue weighted by Gasteiger charge is -2.31. The quantitative estimate of drug-likeness (QED) is 0.777. The topological polar surface area (TPSA) is 45.2 Å². The van der Waals surface area contributed by atoms with Crippen molar-refractivity contribution in [3.8, 4) is 0 Å². The molecule has 5 heteroatoms. The van der Waals surface area contributed by atoms with Crippen LogP contribution < -0.4 is 10.2 Å². The van der Waals surface area contributed by atoms with Gasteiger partial charge < -0.3 is 10.2 Å². The summed E-state index contributed by atoms with van der Waals surface area (Å²) >= 11 is 1.71. The maximum atomic E-state index is 12.6. The Morgan fingerprint density at radius 1 is 1.16 bits per heavy atom. The lowest BCUT2D eigenvalue weighted by atomic mass is 9.97. The summed E-state index contributed by atoms with van der Waals surface area (Å²) in [6.45, 7) is 2.32. The van der Waals surface area contributed by atoms with Crippen molar-refractivity contribution in [2.75, 3.05) is 18.0 Å². The van der Waals surface area contributed by atoms with Crippen LogP contribution in [0.3, 0.4) is 0 Å². The number of carbonyl (C=O) groups is 1. The van der Waals surface area contributed by atoms with E-state index in [2.05, 4.69) is 16.3 Å². The van der Waals surface area contributed by atoms with Crippen molar-refractivity contribution in [1.29, 1.82) is 0 Å². The summed E-state index contributed by atoms with van der Waals surface area (Å²) in [4.78, 5) is 19.6. The molecular formula is C20H21N3OS. The van der Waals surface area contributed by atoms with Gasteiger partial charge >= 0.3 is 0 Å². The lowest BCUT2D eigenvalue weighted by Crippen LogP contribution is -2.42. The normalized spacial score (nSPS) is 17.6. The molecule has 0 saturated carbocycles. The van der Waals surface area contributed by atoms with Gasteiger partial charge in [-0.3, -0.25) is 4.79 Å². The van der Waals surface area contributed by atoms with Crippen LogP contribution in [0, 0.1) is 5.92 Å². The molecule has 1 aromatic heterocycles. The fraction of sp³-hybridized carbons (Fsp3) is 0.300. The fourth-order valence-corrected chi connectivity index (χ4v) is 4.29. The standard InChI is InChI=1S/C20H21N3OS/c24-19(21-13-15-7-2-1-3-8-15)16-9-6-12-23(14-16)20-22-17-10-4-5-11-18(17)25-20/h1-5,7-8,10-11,16H,6,9,12-14H2,(H,21,24). The first-order valence-electron chi connectivity index (χ1n) is 8.72. The lowest BCUT2D eigenvalue weighted by molar-refractivity contribution is -0.125. The highest BCUT2D eigenvalue weighted by Gasteiger charge is 2.27. The molecule has 1 N–H and O–H groups in total. The van der Waals surface area contributed by atoms with Crippen molar-refractivity contribution < 1.29 is 4.79 Å². The van der Waals surface area contributed by atoms with Gasteiger partial charge in [0.2, 0.25) is 5.91 Å². The summed E-state index contributed by atoms with van der Waals surface area (Å²) in [5.74, 6) is 0.180. The Morgan fingerprint density at radius 2 is 1.96 bits per heavy atom. The molecule has 1 aliphatic rings. The number of hydrogen-bond acceptors (Lipinski definition) is 4. The highest BCUT2D eigenvalue weighted by Crippen LogP contribution is 2.31. The van der Waals surface area contributed by atoms with Crippen LogP contribution in [-0.4, -0.2) is 24.0 Å². The molecule has 1 atom stereocenters. The molecule has 1 amide bonds. The Hall–Kier alpha value is -2.40. The second kappa shape index (κ2) is 7.23. The van der Waals surface area contributed by atoms with E-state index < -0.39 is 0 Å². The van der Waals surface area contributed by atoms with Crippen molar-refractivity contribution in [3.05, 3.63) is 60.2 Å². The van der Waals surface area contributed by atoms with Gasteiger partial charge in [-0.15, -0.1) is 0 Å². The minimum absolute atomic E-state index is 0.0319. The number of aromatic nitrogens is 1. The molecule has 25 heavy (non-hydrogen) atoms. The monoisotopic (exact) mass is 351 g/mol. The molecule has 1 aliphatic heterocycles. The van der Waals surface area contributed by atoms with Gasteiger partial charge in [-0.05, 0) is 30.5 Å². The van der Waals surface area contributed by atoms with Crippen molar-refractivity contribution >= 4 is 32.6 Å². The Morgan fingerprint density at radius 3 is 2.80 bits per heavy atom. The van der Waals surface area contributed by atoms with Crippen LogP contribution in [0.15, 0.2) is 54.6 Å². The van der Waals surface area contributed by atoms with Gasteiger partial charge in [0.15, 0.2) is 5.13 Å². The summed E-state index contributed by atoms with van der Waals surface area (Å²) < 4.78 is 1.20. The number of rotatable bonds is 4. The predicted molar refractivity (Wildman–Crippen MR) is 103 cm³/mol. The number of hydrogen-bond donors (Lipinski definition) is 1. The van der Waals surface area contributed by atoms with E-state index in [1.54, 1.807) is 11.3 Å². The van der Waals surface area contributed by atoms with Gasteiger partial charge in [-0.25, -0.2) is 4.98 Å². The third-order valence-electron chi connectivity index (χ3n) is 4.65. The summed E-state index contributed by atoms with van der Waals surface area (Å²) in [5, 5.41) is 4.11. The Labute approximate surface area is 151 Å². The molecule has 2 aromatic carbocycles. The van der Waals surface area contributed by atoms with E-state index in [1.807, 2.05) is 48.5 Å². The number of amides is 1. The van der Waals surface area contributed by atoms with Crippen molar-refractivity contribution in [2.24, 2.45) is 5.92 Å². The molecular weight excluding hydrogens is 330 g/mol. The molecule has 0 bridgehead atoms. The Bertz CT molecular complexity index is 829. The van der Waals surface area contributed by atoms with Crippen molar-refractivity contribution in [1.82, 2.24) is 10.3 Å². The molecule has 0 spiro atoms. The maximum Gasteiger partial charge on any atom is 0.225 e. The first-order chi connectivity index (χ1) is 12.3. The van der Waals surface area contributed by atoms with Gasteiger partial charge in [-0.2, -0.15) is 0 Å². The number of thiazole rings is 1. The van der Waals surface area contributed by atoms with E-state index in [-0.39, 0.29) is 11.8 Å². The first-order valence-corrected chi connectivity index (χ1v) is 9.53. The molecule has 3 aromatic rings. The SMILES string of the molecule is O=C(NCc1ccccc1)C1CCCN(c2nc3ccccc3s2)C1. The minimum Gasteiger partial charge on any atom is -0.352 e. The van der Waals surface area contributed by atoms with Crippen LogP contribution in [0.4, 0.5) is 5.13 Å². The van der Waals surface area contributed by atoms with E-state index in [0.29, 0.717) is 6.54 Å². The number of piperidine rings is 1. The van der Waals surface area contributed by atoms with Gasteiger partial charge in [0, 0.05) is 19.6 Å². The van der Waals surface area contributed by atoms with Crippen LogP contribution in [-0.2, 0) is 11.3 Å². The molecule has 2 heterocycles. The van der Waals surface area contributed by atoms with Crippen LogP contribution >= 0.6 is 11.3 Å². The van der Waals surface area contributed by atoms with Gasteiger partial charge in [0.25, 0.3) is 0 Å². The number of para-hydroxylation sites is 1. The number of nitrogens with one attached hydrogen (secondary N) is 1.